The Kier molecular flexibility index (Phi) is 7.78. The number of halogens is 1. The first-order chi connectivity index (χ1) is 17.0. The van der Waals surface area contributed by atoms with Crippen molar-refractivity contribution in [2.75, 3.05) is 37.3 Å². The second-order valence-electron chi connectivity index (χ2n) is 8.08. The predicted molar refractivity (Wildman–Crippen MR) is 131 cm³/mol. The Morgan fingerprint density at radius 2 is 2.06 bits per heavy atom. The van der Waals surface area contributed by atoms with Crippen LogP contribution in [0.5, 0.6) is 5.88 Å². The van der Waals surface area contributed by atoms with Crippen LogP contribution in [-0.4, -0.2) is 63.5 Å². The summed E-state index contributed by atoms with van der Waals surface area (Å²) in [7, 11) is 2.09. The van der Waals surface area contributed by atoms with Gasteiger partial charge in [-0.05, 0) is 26.0 Å². The number of hydrogen-bond acceptors (Lipinski definition) is 9. The first kappa shape index (κ1) is 24.0. The predicted octanol–water partition coefficient (Wildman–Crippen LogP) is 3.28. The number of pyridine rings is 2. The average molecular weight is 479 g/mol. The normalized spacial score (nSPS) is 14.2. The molecule has 182 valence electrons. The van der Waals surface area contributed by atoms with Gasteiger partial charge >= 0.3 is 0 Å². The van der Waals surface area contributed by atoms with E-state index in [1.807, 2.05) is 6.07 Å². The van der Waals surface area contributed by atoms with Crippen molar-refractivity contribution in [2.45, 2.75) is 18.9 Å². The minimum Gasteiger partial charge on any atom is -0.474 e. The quantitative estimate of drug-likeness (QED) is 0.398. The van der Waals surface area contributed by atoms with E-state index in [9.17, 15) is 9.18 Å². The van der Waals surface area contributed by atoms with Crippen LogP contribution in [0.3, 0.4) is 0 Å². The molecule has 0 unspecified atom stereocenters. The highest BCUT2D eigenvalue weighted by atomic mass is 19.1. The number of anilines is 4. The summed E-state index contributed by atoms with van der Waals surface area (Å²) in [5.74, 6) is 0.423. The Morgan fingerprint density at radius 1 is 1.23 bits per heavy atom. The molecule has 0 aliphatic carbocycles. The summed E-state index contributed by atoms with van der Waals surface area (Å²) < 4.78 is 19.6. The fourth-order valence-corrected chi connectivity index (χ4v) is 3.52. The van der Waals surface area contributed by atoms with Crippen molar-refractivity contribution < 1.29 is 13.9 Å². The van der Waals surface area contributed by atoms with E-state index in [4.69, 9.17) is 4.74 Å². The van der Waals surface area contributed by atoms with E-state index < -0.39 is 5.82 Å². The highest BCUT2D eigenvalue weighted by Crippen LogP contribution is 2.23. The molecule has 11 heteroatoms. The van der Waals surface area contributed by atoms with Crippen LogP contribution in [0.1, 0.15) is 23.2 Å². The molecule has 4 rings (SSSR count). The van der Waals surface area contributed by atoms with E-state index in [2.05, 4.69) is 54.4 Å². The summed E-state index contributed by atoms with van der Waals surface area (Å²) in [5, 5.41) is 8.69. The van der Waals surface area contributed by atoms with Gasteiger partial charge in [-0.2, -0.15) is 9.97 Å². The van der Waals surface area contributed by atoms with Gasteiger partial charge in [-0.1, -0.05) is 12.1 Å². The van der Waals surface area contributed by atoms with Gasteiger partial charge in [-0.3, -0.25) is 9.78 Å². The lowest BCUT2D eigenvalue weighted by molar-refractivity contribution is 0.0958. The summed E-state index contributed by atoms with van der Waals surface area (Å²) in [6.45, 7) is 5.85. The number of ether oxygens (including phenoxy) is 1. The molecule has 3 aromatic heterocycles. The summed E-state index contributed by atoms with van der Waals surface area (Å²) in [4.78, 5) is 31.9. The zero-order valence-electron chi connectivity index (χ0n) is 19.4. The zero-order chi connectivity index (χ0) is 24.6. The van der Waals surface area contributed by atoms with Crippen molar-refractivity contribution in [3.05, 3.63) is 66.9 Å². The van der Waals surface area contributed by atoms with Crippen molar-refractivity contribution in [1.82, 2.24) is 30.2 Å². The molecule has 0 atom stereocenters. The third-order valence-electron chi connectivity index (χ3n) is 5.32. The molecule has 35 heavy (non-hydrogen) atoms. The van der Waals surface area contributed by atoms with Gasteiger partial charge in [0.15, 0.2) is 0 Å². The minimum absolute atomic E-state index is 0.101. The van der Waals surface area contributed by atoms with Crippen LogP contribution >= 0.6 is 0 Å². The van der Waals surface area contributed by atoms with Crippen LogP contribution < -0.4 is 20.7 Å². The number of carbonyl (C=O) groups excluding carboxylic acids is 1. The molecule has 10 nitrogen and oxygen atoms in total. The molecule has 3 aromatic rings. The largest absolute Gasteiger partial charge is 0.474 e. The SMILES string of the molecule is C=CCNC(=O)c1cnc(Nc2cncc(F)c2)nc1Nc1cccc(OC2CCN(C)CC2)n1. The molecule has 0 bridgehead atoms. The maximum absolute atomic E-state index is 13.5. The molecule has 0 saturated carbocycles. The van der Waals surface area contributed by atoms with E-state index in [0.29, 0.717) is 17.4 Å². The Hall–Kier alpha value is -4.12. The molecule has 1 amide bonds. The summed E-state index contributed by atoms with van der Waals surface area (Å²) in [6.07, 6.45) is 7.45. The minimum atomic E-state index is -0.501. The van der Waals surface area contributed by atoms with Crippen molar-refractivity contribution in [3.63, 3.8) is 0 Å². The van der Waals surface area contributed by atoms with Crippen molar-refractivity contribution >= 4 is 29.2 Å². The van der Waals surface area contributed by atoms with Crippen LogP contribution in [0.2, 0.25) is 0 Å². The lowest BCUT2D eigenvalue weighted by Gasteiger charge is -2.29. The van der Waals surface area contributed by atoms with Crippen molar-refractivity contribution in [2.24, 2.45) is 0 Å². The Bertz CT molecular complexity index is 1180. The standard InChI is InChI=1S/C24H27FN8O2/c1-3-9-27-23(34)19-15-28-24(29-17-12-16(25)13-26-14-17)32-22(19)31-20-5-4-6-21(30-20)35-18-7-10-33(2)11-8-18/h3-6,12-15,18H,1,7-11H2,2H3,(H,27,34)(H2,28,29,30,31,32). The van der Waals surface area contributed by atoms with E-state index in [-0.39, 0.29) is 35.9 Å². The molecule has 0 aromatic carbocycles. The molecule has 3 N–H and O–H groups in total. The molecule has 1 fully saturated rings. The van der Waals surface area contributed by atoms with Gasteiger partial charge in [-0.15, -0.1) is 6.58 Å². The average Bonchev–Trinajstić information content (AvgIpc) is 2.84. The lowest BCUT2D eigenvalue weighted by atomic mass is 10.1. The molecule has 1 saturated heterocycles. The van der Waals surface area contributed by atoms with Crippen LogP contribution in [-0.2, 0) is 0 Å². The van der Waals surface area contributed by atoms with Gasteiger partial charge in [-0.25, -0.2) is 9.37 Å². The fraction of sp³-hybridized carbons (Fsp3) is 0.292. The molecule has 0 radical (unpaired) electrons. The fourth-order valence-electron chi connectivity index (χ4n) is 3.52. The molecule has 1 aliphatic heterocycles. The number of carbonyl (C=O) groups is 1. The van der Waals surface area contributed by atoms with E-state index in [1.54, 1.807) is 18.2 Å². The highest BCUT2D eigenvalue weighted by molar-refractivity contribution is 5.99. The number of hydrogen-bond donors (Lipinski definition) is 3. The van der Waals surface area contributed by atoms with E-state index in [1.165, 1.54) is 18.5 Å². The maximum atomic E-state index is 13.5. The Morgan fingerprint density at radius 3 is 2.83 bits per heavy atom. The molecule has 1 aliphatic rings. The van der Waals surface area contributed by atoms with Gasteiger partial charge in [0, 0.05) is 38.0 Å². The number of nitrogens with one attached hydrogen (secondary N) is 3. The van der Waals surface area contributed by atoms with Crippen LogP contribution in [0.25, 0.3) is 0 Å². The third-order valence-corrected chi connectivity index (χ3v) is 5.32. The number of piperidine rings is 1. The van der Waals surface area contributed by atoms with Gasteiger partial charge in [0.05, 0.1) is 18.1 Å². The summed E-state index contributed by atoms with van der Waals surface area (Å²) >= 11 is 0. The smallest absolute Gasteiger partial charge is 0.256 e. The van der Waals surface area contributed by atoms with E-state index >= 15 is 0 Å². The maximum Gasteiger partial charge on any atom is 0.256 e. The Balaban J connectivity index is 1.56. The number of likely N-dealkylation sites (tertiary alicyclic amines) is 1. The van der Waals surface area contributed by atoms with E-state index in [0.717, 1.165) is 32.1 Å². The molecular formula is C24H27FN8O2. The van der Waals surface area contributed by atoms with Crippen molar-refractivity contribution in [3.8, 4) is 5.88 Å². The number of nitrogens with zero attached hydrogens (tertiary/aromatic N) is 5. The Labute approximate surface area is 202 Å². The highest BCUT2D eigenvalue weighted by Gasteiger charge is 2.19. The second-order valence-corrected chi connectivity index (χ2v) is 8.08. The monoisotopic (exact) mass is 478 g/mol. The zero-order valence-corrected chi connectivity index (χ0v) is 19.4. The number of amides is 1. The lowest BCUT2D eigenvalue weighted by Crippen LogP contribution is -2.35. The van der Waals surface area contributed by atoms with Crippen molar-refractivity contribution in [1.29, 1.82) is 0 Å². The third kappa shape index (κ3) is 6.70. The molecule has 4 heterocycles. The summed E-state index contributed by atoms with van der Waals surface area (Å²) in [6, 6.07) is 6.62. The number of aromatic nitrogens is 4. The molecular weight excluding hydrogens is 451 g/mol. The van der Waals surface area contributed by atoms with Gasteiger partial charge in [0.1, 0.15) is 29.1 Å². The van der Waals surface area contributed by atoms with Crippen LogP contribution in [0, 0.1) is 5.82 Å². The molecule has 0 spiro atoms. The topological polar surface area (TPSA) is 117 Å². The first-order valence-electron chi connectivity index (χ1n) is 11.2. The second kappa shape index (κ2) is 11.3. The summed E-state index contributed by atoms with van der Waals surface area (Å²) in [5.41, 5.74) is 0.574. The number of rotatable bonds is 9. The van der Waals surface area contributed by atoms with Crippen LogP contribution in [0.4, 0.5) is 27.7 Å². The van der Waals surface area contributed by atoms with Gasteiger partial charge in [0.2, 0.25) is 11.8 Å². The van der Waals surface area contributed by atoms with Crippen LogP contribution in [0.15, 0.2) is 55.5 Å². The van der Waals surface area contributed by atoms with Gasteiger partial charge < -0.3 is 25.6 Å². The first-order valence-corrected chi connectivity index (χ1v) is 11.2. The van der Waals surface area contributed by atoms with Gasteiger partial charge in [0.25, 0.3) is 5.91 Å².